The molecule has 3 heterocycles. The number of nitriles is 2. The number of nitrogens with one attached hydrogen (secondary N) is 1. The summed E-state index contributed by atoms with van der Waals surface area (Å²) < 4.78 is 33.6. The van der Waals surface area contributed by atoms with E-state index in [1.54, 1.807) is 41.4 Å². The van der Waals surface area contributed by atoms with Crippen molar-refractivity contribution >= 4 is 31.7 Å². The number of carbonyl (C=O) groups excluding carboxylic acids is 1. The lowest BCUT2D eigenvalue weighted by Crippen LogP contribution is -2.46. The van der Waals surface area contributed by atoms with Crippen LogP contribution >= 0.6 is 0 Å². The Labute approximate surface area is 307 Å². The molecule has 0 aliphatic carbocycles. The maximum atomic E-state index is 14.9. The van der Waals surface area contributed by atoms with Crippen LogP contribution in [-0.4, -0.2) is 80.4 Å². The van der Waals surface area contributed by atoms with Crippen molar-refractivity contribution in [2.24, 2.45) is 0 Å². The van der Waals surface area contributed by atoms with Gasteiger partial charge in [-0.15, -0.1) is 0 Å². The van der Waals surface area contributed by atoms with Crippen LogP contribution < -0.4 is 15.0 Å². The van der Waals surface area contributed by atoms with Crippen molar-refractivity contribution in [3.63, 3.8) is 0 Å². The quantitative estimate of drug-likeness (QED) is 0.227. The third-order valence-electron chi connectivity index (χ3n) is 10.1. The van der Waals surface area contributed by atoms with E-state index in [4.69, 9.17) is 18.9 Å². The summed E-state index contributed by atoms with van der Waals surface area (Å²) in [5, 5.41) is 23.2. The number of amides is 1. The number of piperidine rings is 1. The van der Waals surface area contributed by atoms with Gasteiger partial charge in [0.2, 0.25) is 5.95 Å². The molecule has 2 aromatic carbocycles. The minimum atomic E-state index is -2.19. The molecule has 3 aromatic rings. The Hall–Kier alpha value is -4.56. The molecule has 1 N–H and O–H groups in total. The number of hydrogen-bond acceptors (Lipinski definition) is 10. The van der Waals surface area contributed by atoms with Crippen LogP contribution in [0, 0.1) is 22.7 Å². The minimum absolute atomic E-state index is 0.0297. The van der Waals surface area contributed by atoms with Gasteiger partial charge in [0.1, 0.15) is 29.7 Å². The van der Waals surface area contributed by atoms with Crippen molar-refractivity contribution in [2.45, 2.75) is 96.3 Å². The molecule has 2 unspecified atom stereocenters. The third kappa shape index (κ3) is 8.39. The van der Waals surface area contributed by atoms with Gasteiger partial charge in [0.15, 0.2) is 8.32 Å². The van der Waals surface area contributed by atoms with E-state index in [0.717, 1.165) is 5.56 Å². The van der Waals surface area contributed by atoms with E-state index >= 15 is 0 Å². The predicted octanol–water partition coefficient (Wildman–Crippen LogP) is 8.09. The van der Waals surface area contributed by atoms with Gasteiger partial charge in [-0.05, 0) is 94.3 Å². The van der Waals surface area contributed by atoms with E-state index in [1.165, 1.54) is 0 Å². The van der Waals surface area contributed by atoms with E-state index in [9.17, 15) is 19.7 Å². The predicted molar refractivity (Wildman–Crippen MR) is 202 cm³/mol. The molecular formula is C39H50FN7O4Si. The Morgan fingerprint density at radius 1 is 1.12 bits per heavy atom. The molecule has 2 aliphatic heterocycles. The van der Waals surface area contributed by atoms with Gasteiger partial charge in [-0.1, -0.05) is 27.7 Å². The molecule has 0 spiro atoms. The Balaban J connectivity index is 1.53. The topological polar surface area (TPSA) is 137 Å². The maximum Gasteiger partial charge on any atom is 0.414 e. The third-order valence-corrected chi connectivity index (χ3v) is 14.6. The largest absolute Gasteiger partial charge is 0.485 e. The SMILES string of the molecule is CN1CCC(Oc2ccc(C#N)cc2Nc2nccc(-c3cc(C#N)c4c(c3)[C@@](C)(CO[Si](C)(C)C(C)(C)C)CN4C(=O)OC(C)(C)C)n2)C(F)C1. The van der Waals surface area contributed by atoms with Crippen LogP contribution in [0.15, 0.2) is 42.6 Å². The first-order valence-electron chi connectivity index (χ1n) is 17.6. The Morgan fingerprint density at radius 3 is 2.48 bits per heavy atom. The van der Waals surface area contributed by atoms with Crippen molar-refractivity contribution in [3.05, 3.63) is 59.3 Å². The molecule has 0 radical (unpaired) electrons. The first-order valence-corrected chi connectivity index (χ1v) is 20.5. The fraction of sp³-hybridized carbons (Fsp3) is 0.513. The maximum absolute atomic E-state index is 14.9. The van der Waals surface area contributed by atoms with E-state index in [-0.39, 0.29) is 24.1 Å². The van der Waals surface area contributed by atoms with Gasteiger partial charge in [0.05, 0.1) is 34.3 Å². The number of hydrogen-bond donors (Lipinski definition) is 1. The Morgan fingerprint density at radius 2 is 1.85 bits per heavy atom. The summed E-state index contributed by atoms with van der Waals surface area (Å²) in [4.78, 5) is 26.3. The normalized spacial score (nSPS) is 20.8. The molecule has 52 heavy (non-hydrogen) atoms. The monoisotopic (exact) mass is 727 g/mol. The number of benzene rings is 2. The standard InChI is InChI=1S/C39H50FN7O4Si/c1-37(2,3)51-36(48)47-23-39(7,24-49-52(9,10)38(4,5)6)28-19-26(18-27(21-42)34(28)47)30-13-15-43-35(44-30)45-31-17-25(20-41)11-12-33(31)50-32-14-16-46(8)22-29(32)40/h11-13,15,17-19,29,32H,14,16,22-24H2,1-10H3,(H,43,44,45)/t29?,32?,39-/m1/s1. The molecule has 3 atom stereocenters. The van der Waals surface area contributed by atoms with Crippen LogP contribution in [0.5, 0.6) is 5.75 Å². The van der Waals surface area contributed by atoms with Gasteiger partial charge in [-0.2, -0.15) is 10.5 Å². The van der Waals surface area contributed by atoms with Crippen molar-refractivity contribution in [3.8, 4) is 29.1 Å². The van der Waals surface area contributed by atoms with Gasteiger partial charge in [0.25, 0.3) is 0 Å². The van der Waals surface area contributed by atoms with E-state index in [1.807, 2.05) is 38.8 Å². The first kappa shape index (κ1) is 38.7. The van der Waals surface area contributed by atoms with Gasteiger partial charge in [-0.3, -0.25) is 4.90 Å². The molecule has 1 fully saturated rings. The van der Waals surface area contributed by atoms with E-state index in [0.29, 0.717) is 59.1 Å². The fourth-order valence-electron chi connectivity index (χ4n) is 6.12. The van der Waals surface area contributed by atoms with E-state index in [2.05, 4.69) is 63.2 Å². The highest BCUT2D eigenvalue weighted by atomic mass is 28.4. The molecule has 1 saturated heterocycles. The summed E-state index contributed by atoms with van der Waals surface area (Å²) in [5.41, 5.74) is 2.19. The first-order chi connectivity index (χ1) is 24.2. The molecule has 276 valence electrons. The molecule has 5 rings (SSSR count). The van der Waals surface area contributed by atoms with Crippen molar-refractivity contribution in [1.29, 1.82) is 10.5 Å². The van der Waals surface area contributed by atoms with Gasteiger partial charge in [-0.25, -0.2) is 19.2 Å². The summed E-state index contributed by atoms with van der Waals surface area (Å²) in [6.07, 6.45) is -0.212. The lowest BCUT2D eigenvalue weighted by Gasteiger charge is -2.39. The number of aromatic nitrogens is 2. The number of fused-ring (bicyclic) bond motifs is 1. The molecule has 1 aromatic heterocycles. The Bertz CT molecular complexity index is 1910. The molecule has 0 saturated carbocycles. The van der Waals surface area contributed by atoms with Gasteiger partial charge >= 0.3 is 6.09 Å². The molecule has 1 amide bonds. The summed E-state index contributed by atoms with van der Waals surface area (Å²) in [6.45, 7) is 20.0. The number of ether oxygens (including phenoxy) is 2. The smallest absolute Gasteiger partial charge is 0.414 e. The minimum Gasteiger partial charge on any atom is -0.485 e. The number of likely N-dealkylation sites (tertiary alicyclic amines) is 1. The number of alkyl halides is 1. The summed E-state index contributed by atoms with van der Waals surface area (Å²) >= 11 is 0. The summed E-state index contributed by atoms with van der Waals surface area (Å²) in [6, 6.07) is 14.8. The highest BCUT2D eigenvalue weighted by Gasteiger charge is 2.47. The average Bonchev–Trinajstić information content (AvgIpc) is 3.37. The second kappa shape index (κ2) is 14.5. The molecule has 2 aliphatic rings. The molecule has 0 bridgehead atoms. The zero-order chi connectivity index (χ0) is 38.2. The van der Waals surface area contributed by atoms with Crippen LogP contribution in [0.4, 0.5) is 26.5 Å². The summed E-state index contributed by atoms with van der Waals surface area (Å²) in [5.74, 6) is 0.602. The van der Waals surface area contributed by atoms with Crippen molar-refractivity contribution in [1.82, 2.24) is 14.9 Å². The Kier molecular flexibility index (Phi) is 10.7. The van der Waals surface area contributed by atoms with Crippen LogP contribution in [-0.2, 0) is 14.6 Å². The van der Waals surface area contributed by atoms with E-state index < -0.39 is 37.7 Å². The van der Waals surface area contributed by atoms with Gasteiger partial charge in [0, 0.05) is 43.4 Å². The average molecular weight is 728 g/mol. The van der Waals surface area contributed by atoms with Crippen LogP contribution in [0.1, 0.15) is 71.6 Å². The van der Waals surface area contributed by atoms with Crippen LogP contribution in [0.3, 0.4) is 0 Å². The second-order valence-corrected chi connectivity index (χ2v) is 21.5. The lowest BCUT2D eigenvalue weighted by molar-refractivity contribution is 0.0318. The molecule has 11 nitrogen and oxygen atoms in total. The number of nitrogens with zero attached hydrogens (tertiary/aromatic N) is 6. The summed E-state index contributed by atoms with van der Waals surface area (Å²) in [7, 11) is -0.309. The molecular weight excluding hydrogens is 678 g/mol. The van der Waals surface area contributed by atoms with Crippen molar-refractivity contribution in [2.75, 3.05) is 43.5 Å². The highest BCUT2D eigenvalue weighted by Crippen LogP contribution is 2.47. The van der Waals surface area contributed by atoms with Crippen molar-refractivity contribution < 1.29 is 23.1 Å². The number of rotatable bonds is 8. The number of halogens is 1. The lowest BCUT2D eigenvalue weighted by atomic mass is 9.83. The van der Waals surface area contributed by atoms with Crippen LogP contribution in [0.25, 0.3) is 11.3 Å². The molecule has 13 heteroatoms. The highest BCUT2D eigenvalue weighted by molar-refractivity contribution is 6.74. The second-order valence-electron chi connectivity index (χ2n) is 16.6. The zero-order valence-corrected chi connectivity index (χ0v) is 32.9. The fourth-order valence-corrected chi connectivity index (χ4v) is 7.23. The number of carbonyl (C=O) groups is 1. The van der Waals surface area contributed by atoms with Crippen LogP contribution in [0.2, 0.25) is 18.1 Å². The van der Waals surface area contributed by atoms with Gasteiger partial charge < -0.3 is 24.1 Å². The zero-order valence-electron chi connectivity index (χ0n) is 31.9. The number of anilines is 3.